The number of benzene rings is 3. The van der Waals surface area contributed by atoms with Crippen molar-refractivity contribution in [3.05, 3.63) is 93.6 Å². The molecule has 0 radical (unpaired) electrons. The highest BCUT2D eigenvalue weighted by molar-refractivity contribution is 6.35. The van der Waals surface area contributed by atoms with Crippen LogP contribution in [-0.4, -0.2) is 29.9 Å². The van der Waals surface area contributed by atoms with Crippen LogP contribution in [0.2, 0.25) is 10.0 Å². The second-order valence-electron chi connectivity index (χ2n) is 7.91. The van der Waals surface area contributed by atoms with E-state index in [1.54, 1.807) is 12.3 Å². The van der Waals surface area contributed by atoms with Crippen LogP contribution < -0.4 is 14.9 Å². The minimum Gasteiger partial charge on any atom is -0.486 e. The fourth-order valence-electron chi connectivity index (χ4n) is 3.94. The normalized spacial score (nSPS) is 12.9. The molecule has 0 aliphatic carbocycles. The van der Waals surface area contributed by atoms with E-state index >= 15 is 0 Å². The van der Waals surface area contributed by atoms with Gasteiger partial charge in [-0.15, -0.1) is 0 Å². The predicted molar refractivity (Wildman–Crippen MR) is 134 cm³/mol. The van der Waals surface area contributed by atoms with Gasteiger partial charge in [0.1, 0.15) is 13.2 Å². The van der Waals surface area contributed by atoms with Crippen molar-refractivity contribution in [2.24, 2.45) is 5.10 Å². The number of fused-ring (bicyclic) bond motifs is 2. The molecule has 1 N–H and O–H groups in total. The molecule has 0 saturated carbocycles. The summed E-state index contributed by atoms with van der Waals surface area (Å²) in [6, 6.07) is 19.0. The summed E-state index contributed by atoms with van der Waals surface area (Å²) >= 11 is 12.4. The molecule has 1 aliphatic rings. The molecule has 34 heavy (non-hydrogen) atoms. The van der Waals surface area contributed by atoms with E-state index in [0.29, 0.717) is 41.3 Å². The molecule has 0 bridgehead atoms. The molecule has 0 unspecified atom stereocenters. The molecule has 2 heterocycles. The summed E-state index contributed by atoms with van der Waals surface area (Å²) < 4.78 is 13.2. The van der Waals surface area contributed by atoms with Crippen molar-refractivity contribution >= 4 is 46.2 Å². The predicted octanol–water partition coefficient (Wildman–Crippen LogP) is 5.46. The summed E-state index contributed by atoms with van der Waals surface area (Å²) in [5.74, 6) is 1.14. The Morgan fingerprint density at radius 1 is 1.03 bits per heavy atom. The SMILES string of the molecule is O=C(Cc1ccc2c(c1)OCCO2)N/N=C\c1cn(Cc2ccc(Cl)cc2Cl)c2ccccc12. The van der Waals surface area contributed by atoms with Crippen molar-refractivity contribution in [3.8, 4) is 11.5 Å². The fourth-order valence-corrected chi connectivity index (χ4v) is 4.41. The maximum absolute atomic E-state index is 12.4. The number of rotatable bonds is 6. The van der Waals surface area contributed by atoms with E-state index in [-0.39, 0.29) is 12.3 Å². The van der Waals surface area contributed by atoms with Gasteiger partial charge in [0.25, 0.3) is 0 Å². The van der Waals surface area contributed by atoms with E-state index in [2.05, 4.69) is 15.1 Å². The minimum atomic E-state index is -0.218. The summed E-state index contributed by atoms with van der Waals surface area (Å²) in [6.07, 6.45) is 3.83. The van der Waals surface area contributed by atoms with Gasteiger partial charge in [-0.2, -0.15) is 5.10 Å². The number of carbonyl (C=O) groups is 1. The maximum Gasteiger partial charge on any atom is 0.244 e. The average molecular weight is 494 g/mol. The first kappa shape index (κ1) is 22.3. The second-order valence-corrected chi connectivity index (χ2v) is 8.76. The Morgan fingerprint density at radius 2 is 1.85 bits per heavy atom. The van der Waals surface area contributed by atoms with Crippen LogP contribution in [0.25, 0.3) is 10.9 Å². The summed E-state index contributed by atoms with van der Waals surface area (Å²) in [5, 5.41) is 6.43. The summed E-state index contributed by atoms with van der Waals surface area (Å²) in [6.45, 7) is 1.62. The molecule has 172 valence electrons. The quantitative estimate of drug-likeness (QED) is 0.286. The number of carbonyl (C=O) groups excluding carboxylic acids is 1. The zero-order chi connectivity index (χ0) is 23.5. The van der Waals surface area contributed by atoms with E-state index < -0.39 is 0 Å². The van der Waals surface area contributed by atoms with Gasteiger partial charge in [0.2, 0.25) is 5.91 Å². The smallest absolute Gasteiger partial charge is 0.244 e. The van der Waals surface area contributed by atoms with Crippen molar-refractivity contribution in [1.82, 2.24) is 9.99 Å². The topological polar surface area (TPSA) is 64.8 Å². The molecule has 1 amide bonds. The Bertz CT molecular complexity index is 1400. The van der Waals surface area contributed by atoms with E-state index in [0.717, 1.165) is 27.6 Å². The number of nitrogens with one attached hydrogen (secondary N) is 1. The molecule has 6 nitrogen and oxygen atoms in total. The minimum absolute atomic E-state index is 0.185. The molecule has 1 aromatic heterocycles. The molecule has 4 aromatic rings. The van der Waals surface area contributed by atoms with Crippen LogP contribution in [0.5, 0.6) is 11.5 Å². The fraction of sp³-hybridized carbons (Fsp3) is 0.154. The van der Waals surface area contributed by atoms with Crippen LogP contribution in [0, 0.1) is 0 Å². The van der Waals surface area contributed by atoms with Gasteiger partial charge < -0.3 is 14.0 Å². The number of hydrazone groups is 1. The van der Waals surface area contributed by atoms with E-state index in [1.807, 2.05) is 60.8 Å². The third kappa shape index (κ3) is 4.88. The Balaban J connectivity index is 1.30. The summed E-state index contributed by atoms with van der Waals surface area (Å²) in [4.78, 5) is 12.4. The lowest BCUT2D eigenvalue weighted by molar-refractivity contribution is -0.120. The van der Waals surface area contributed by atoms with Gasteiger partial charge in [-0.3, -0.25) is 4.79 Å². The lowest BCUT2D eigenvalue weighted by atomic mass is 10.1. The van der Waals surface area contributed by atoms with Gasteiger partial charge >= 0.3 is 0 Å². The number of aromatic nitrogens is 1. The molecule has 0 atom stereocenters. The molecular formula is C26H21Cl2N3O3. The largest absolute Gasteiger partial charge is 0.486 e. The molecule has 8 heteroatoms. The number of para-hydroxylation sites is 1. The lowest BCUT2D eigenvalue weighted by Crippen LogP contribution is -2.20. The molecule has 0 fully saturated rings. The molecule has 3 aromatic carbocycles. The zero-order valence-electron chi connectivity index (χ0n) is 18.1. The molecular weight excluding hydrogens is 473 g/mol. The highest BCUT2D eigenvalue weighted by Gasteiger charge is 2.13. The Kier molecular flexibility index (Phi) is 6.43. The Labute approximate surface area is 206 Å². The number of amides is 1. The van der Waals surface area contributed by atoms with Crippen LogP contribution >= 0.6 is 23.2 Å². The number of nitrogens with zero attached hydrogens (tertiary/aromatic N) is 2. The van der Waals surface area contributed by atoms with E-state index in [1.165, 1.54) is 0 Å². The molecule has 0 saturated heterocycles. The first-order valence-electron chi connectivity index (χ1n) is 10.8. The van der Waals surface area contributed by atoms with Gasteiger partial charge in [-0.25, -0.2) is 5.43 Å². The monoisotopic (exact) mass is 493 g/mol. The van der Waals surface area contributed by atoms with Crippen molar-refractivity contribution in [2.45, 2.75) is 13.0 Å². The van der Waals surface area contributed by atoms with Crippen LogP contribution in [-0.2, 0) is 17.8 Å². The highest BCUT2D eigenvalue weighted by atomic mass is 35.5. The summed E-state index contributed by atoms with van der Waals surface area (Å²) in [7, 11) is 0. The lowest BCUT2D eigenvalue weighted by Gasteiger charge is -2.18. The van der Waals surface area contributed by atoms with Gasteiger partial charge in [0.15, 0.2) is 11.5 Å². The highest BCUT2D eigenvalue weighted by Crippen LogP contribution is 2.31. The van der Waals surface area contributed by atoms with Crippen molar-refractivity contribution < 1.29 is 14.3 Å². The third-order valence-electron chi connectivity index (χ3n) is 5.54. The van der Waals surface area contributed by atoms with E-state index in [9.17, 15) is 4.79 Å². The Hall–Kier alpha value is -3.48. The average Bonchev–Trinajstić information content (AvgIpc) is 3.18. The van der Waals surface area contributed by atoms with Crippen molar-refractivity contribution in [2.75, 3.05) is 13.2 Å². The zero-order valence-corrected chi connectivity index (χ0v) is 19.6. The van der Waals surface area contributed by atoms with Crippen LogP contribution in [0.4, 0.5) is 0 Å². The van der Waals surface area contributed by atoms with Gasteiger partial charge in [0.05, 0.1) is 12.6 Å². The number of hydrogen-bond donors (Lipinski definition) is 1. The first-order chi connectivity index (χ1) is 16.6. The van der Waals surface area contributed by atoms with Crippen molar-refractivity contribution in [3.63, 3.8) is 0 Å². The second kappa shape index (κ2) is 9.79. The van der Waals surface area contributed by atoms with Crippen LogP contribution in [0.15, 0.2) is 72.0 Å². The molecule has 1 aliphatic heterocycles. The van der Waals surface area contributed by atoms with E-state index in [4.69, 9.17) is 32.7 Å². The standard InChI is InChI=1S/C26H21Cl2N3O3/c27-20-7-6-18(22(28)13-20)15-31-16-19(21-3-1-2-4-23(21)31)14-29-30-26(32)12-17-5-8-24-25(11-17)34-10-9-33-24/h1-8,11,13-14,16H,9-10,12,15H2,(H,30,32)/b29-14-. The Morgan fingerprint density at radius 3 is 2.71 bits per heavy atom. The number of hydrogen-bond acceptors (Lipinski definition) is 4. The van der Waals surface area contributed by atoms with Gasteiger partial charge in [0, 0.05) is 39.3 Å². The number of ether oxygens (including phenoxy) is 2. The first-order valence-corrected chi connectivity index (χ1v) is 11.5. The van der Waals surface area contributed by atoms with Crippen molar-refractivity contribution in [1.29, 1.82) is 0 Å². The molecule has 0 spiro atoms. The molecule has 5 rings (SSSR count). The van der Waals surface area contributed by atoms with Crippen LogP contribution in [0.3, 0.4) is 0 Å². The maximum atomic E-state index is 12.4. The number of halogens is 2. The van der Waals surface area contributed by atoms with Gasteiger partial charge in [-0.05, 0) is 41.5 Å². The van der Waals surface area contributed by atoms with Gasteiger partial charge in [-0.1, -0.05) is 53.5 Å². The van der Waals surface area contributed by atoms with Crippen LogP contribution in [0.1, 0.15) is 16.7 Å². The summed E-state index contributed by atoms with van der Waals surface area (Å²) in [5.41, 5.74) is 6.33. The third-order valence-corrected chi connectivity index (χ3v) is 6.13.